The van der Waals surface area contributed by atoms with E-state index in [1.807, 2.05) is 37.1 Å². The lowest BCUT2D eigenvalue weighted by molar-refractivity contribution is 0.0723. The maximum atomic E-state index is 12.8. The van der Waals surface area contributed by atoms with Crippen LogP contribution in [0.3, 0.4) is 0 Å². The van der Waals surface area contributed by atoms with E-state index in [-0.39, 0.29) is 11.9 Å². The fourth-order valence-electron chi connectivity index (χ4n) is 3.48. The van der Waals surface area contributed by atoms with Crippen molar-refractivity contribution in [1.82, 2.24) is 29.8 Å². The van der Waals surface area contributed by atoms with Gasteiger partial charge in [-0.15, -0.1) is 0 Å². The molecule has 0 bridgehead atoms. The Labute approximate surface area is 157 Å². The number of nitrogens with zero attached hydrogens (tertiary/aromatic N) is 6. The Bertz CT molecular complexity index is 913. The van der Waals surface area contributed by atoms with Gasteiger partial charge in [0.1, 0.15) is 0 Å². The molecule has 3 aromatic heterocycles. The van der Waals surface area contributed by atoms with E-state index in [4.69, 9.17) is 4.52 Å². The van der Waals surface area contributed by atoms with Crippen LogP contribution in [0.4, 0.5) is 0 Å². The van der Waals surface area contributed by atoms with Crippen LogP contribution in [0.2, 0.25) is 0 Å². The molecule has 0 N–H and O–H groups in total. The molecule has 0 aromatic carbocycles. The lowest BCUT2D eigenvalue weighted by Crippen LogP contribution is -2.36. The third-order valence-electron chi connectivity index (χ3n) is 5.07. The zero-order chi connectivity index (χ0) is 18.8. The van der Waals surface area contributed by atoms with Crippen molar-refractivity contribution in [2.75, 3.05) is 6.54 Å². The summed E-state index contributed by atoms with van der Waals surface area (Å²) in [6, 6.07) is 5.70. The molecule has 8 heteroatoms. The van der Waals surface area contributed by atoms with Crippen molar-refractivity contribution in [3.05, 3.63) is 47.8 Å². The van der Waals surface area contributed by atoms with Crippen molar-refractivity contribution >= 4 is 5.91 Å². The minimum Gasteiger partial charge on any atom is -0.334 e. The van der Waals surface area contributed by atoms with Gasteiger partial charge in [0.2, 0.25) is 0 Å². The molecule has 8 nitrogen and oxygen atoms in total. The molecule has 0 radical (unpaired) electrons. The van der Waals surface area contributed by atoms with Gasteiger partial charge in [0.25, 0.3) is 11.8 Å². The number of carbonyl (C=O) groups excluding carboxylic acids is 1. The molecular weight excluding hydrogens is 344 g/mol. The van der Waals surface area contributed by atoms with Gasteiger partial charge < -0.3 is 9.42 Å². The molecule has 1 unspecified atom stereocenters. The smallest absolute Gasteiger partial charge is 0.274 e. The Morgan fingerprint density at radius 2 is 2.15 bits per heavy atom. The van der Waals surface area contributed by atoms with Gasteiger partial charge in [-0.2, -0.15) is 10.1 Å². The molecule has 1 atom stereocenters. The van der Waals surface area contributed by atoms with E-state index in [2.05, 4.69) is 20.2 Å². The molecule has 1 amide bonds. The predicted octanol–water partition coefficient (Wildman–Crippen LogP) is 2.41. The molecule has 27 heavy (non-hydrogen) atoms. The molecule has 0 spiro atoms. The summed E-state index contributed by atoms with van der Waals surface area (Å²) in [5.41, 5.74) is 2.35. The van der Waals surface area contributed by atoms with Crippen LogP contribution in [0.1, 0.15) is 41.3 Å². The third kappa shape index (κ3) is 3.60. The van der Waals surface area contributed by atoms with Crippen LogP contribution < -0.4 is 0 Å². The molecular formula is C19H22N6O2. The second kappa shape index (κ2) is 7.30. The minimum atomic E-state index is 0.00628. The van der Waals surface area contributed by atoms with Gasteiger partial charge >= 0.3 is 0 Å². The summed E-state index contributed by atoms with van der Waals surface area (Å²) in [5, 5.41) is 8.40. The number of amides is 1. The summed E-state index contributed by atoms with van der Waals surface area (Å²) >= 11 is 0. The lowest BCUT2D eigenvalue weighted by atomic mass is 10.1. The molecule has 1 saturated heterocycles. The highest BCUT2D eigenvalue weighted by Crippen LogP contribution is 2.24. The molecule has 4 rings (SSSR count). The third-order valence-corrected chi connectivity index (χ3v) is 5.07. The Morgan fingerprint density at radius 1 is 1.33 bits per heavy atom. The number of pyridine rings is 1. The predicted molar refractivity (Wildman–Crippen MR) is 97.9 cm³/mol. The second-order valence-corrected chi connectivity index (χ2v) is 6.88. The molecule has 1 aliphatic rings. The van der Waals surface area contributed by atoms with Crippen molar-refractivity contribution in [3.8, 4) is 11.5 Å². The van der Waals surface area contributed by atoms with E-state index in [0.29, 0.717) is 23.8 Å². The Kier molecular flexibility index (Phi) is 4.70. The number of aryl methyl sites for hydroxylation is 3. The number of aromatic nitrogens is 5. The largest absolute Gasteiger partial charge is 0.334 e. The van der Waals surface area contributed by atoms with Gasteiger partial charge in [-0.25, -0.2) is 0 Å². The zero-order valence-corrected chi connectivity index (χ0v) is 15.5. The topological polar surface area (TPSA) is 89.9 Å². The normalized spacial score (nSPS) is 16.8. The summed E-state index contributed by atoms with van der Waals surface area (Å²) in [4.78, 5) is 23.2. The number of hydrogen-bond donors (Lipinski definition) is 0. The first-order valence-electron chi connectivity index (χ1n) is 9.16. The summed E-state index contributed by atoms with van der Waals surface area (Å²) in [7, 11) is 1.85. The van der Waals surface area contributed by atoms with Gasteiger partial charge in [0, 0.05) is 49.7 Å². The summed E-state index contributed by atoms with van der Waals surface area (Å²) < 4.78 is 7.08. The average Bonchev–Trinajstić information content (AvgIpc) is 3.41. The maximum absolute atomic E-state index is 12.8. The van der Waals surface area contributed by atoms with Crippen LogP contribution in [0.15, 0.2) is 35.1 Å². The first-order valence-corrected chi connectivity index (χ1v) is 9.16. The fourth-order valence-corrected chi connectivity index (χ4v) is 3.48. The molecule has 0 saturated carbocycles. The number of hydrogen-bond acceptors (Lipinski definition) is 6. The van der Waals surface area contributed by atoms with Crippen molar-refractivity contribution in [1.29, 1.82) is 0 Å². The molecule has 1 aliphatic heterocycles. The Balaban J connectivity index is 1.40. The monoisotopic (exact) mass is 366 g/mol. The summed E-state index contributed by atoms with van der Waals surface area (Å²) in [6.07, 6.45) is 6.88. The van der Waals surface area contributed by atoms with E-state index in [0.717, 1.165) is 37.1 Å². The minimum absolute atomic E-state index is 0.00628. The first-order chi connectivity index (χ1) is 13.1. The highest BCUT2D eigenvalue weighted by molar-refractivity contribution is 5.92. The molecule has 4 heterocycles. The van der Waals surface area contributed by atoms with Gasteiger partial charge in [0.15, 0.2) is 11.5 Å². The number of rotatable bonds is 5. The van der Waals surface area contributed by atoms with Crippen LogP contribution in [-0.4, -0.2) is 48.3 Å². The molecule has 3 aromatic rings. The highest BCUT2D eigenvalue weighted by Gasteiger charge is 2.30. The maximum Gasteiger partial charge on any atom is 0.274 e. The molecule has 0 aliphatic carbocycles. The number of likely N-dealkylation sites (tertiary alicyclic amines) is 1. The van der Waals surface area contributed by atoms with Gasteiger partial charge in [0.05, 0.1) is 0 Å². The van der Waals surface area contributed by atoms with E-state index in [9.17, 15) is 4.79 Å². The Morgan fingerprint density at radius 3 is 2.89 bits per heavy atom. The van der Waals surface area contributed by atoms with Crippen molar-refractivity contribution in [2.45, 2.75) is 38.6 Å². The van der Waals surface area contributed by atoms with Gasteiger partial charge in [-0.05, 0) is 44.4 Å². The quantitative estimate of drug-likeness (QED) is 0.689. The van der Waals surface area contributed by atoms with Crippen molar-refractivity contribution in [2.24, 2.45) is 7.05 Å². The summed E-state index contributed by atoms with van der Waals surface area (Å²) in [6.45, 7) is 2.72. The lowest BCUT2D eigenvalue weighted by Gasteiger charge is -2.23. The van der Waals surface area contributed by atoms with Crippen LogP contribution in [-0.2, 0) is 13.5 Å². The molecule has 140 valence electrons. The first kappa shape index (κ1) is 17.4. The standard InChI is InChI=1S/C19H22N6O2/c1-13-12-16(22-24(13)2)19(26)25-11-3-4-15(25)5-6-17-21-18(27-23-17)14-7-9-20-10-8-14/h7-10,12,15H,3-6,11H2,1-2H3. The zero-order valence-electron chi connectivity index (χ0n) is 15.5. The van der Waals surface area contributed by atoms with E-state index < -0.39 is 0 Å². The van der Waals surface area contributed by atoms with Gasteiger partial charge in [-0.1, -0.05) is 5.16 Å². The number of carbonyl (C=O) groups is 1. The van der Waals surface area contributed by atoms with Crippen molar-refractivity contribution < 1.29 is 9.32 Å². The SMILES string of the molecule is Cc1cc(C(=O)N2CCCC2CCc2noc(-c3ccncc3)n2)nn1C. The van der Waals surface area contributed by atoms with Crippen LogP contribution in [0, 0.1) is 6.92 Å². The van der Waals surface area contributed by atoms with Crippen LogP contribution in [0.5, 0.6) is 0 Å². The van der Waals surface area contributed by atoms with Crippen LogP contribution in [0.25, 0.3) is 11.5 Å². The average molecular weight is 366 g/mol. The van der Waals surface area contributed by atoms with Crippen LogP contribution >= 0.6 is 0 Å². The van der Waals surface area contributed by atoms with E-state index in [1.165, 1.54) is 0 Å². The van der Waals surface area contributed by atoms with Gasteiger partial charge in [-0.3, -0.25) is 14.5 Å². The van der Waals surface area contributed by atoms with Crippen molar-refractivity contribution in [3.63, 3.8) is 0 Å². The summed E-state index contributed by atoms with van der Waals surface area (Å²) in [5.74, 6) is 1.16. The van der Waals surface area contributed by atoms with E-state index in [1.54, 1.807) is 17.1 Å². The second-order valence-electron chi connectivity index (χ2n) is 6.88. The fraction of sp³-hybridized carbons (Fsp3) is 0.421. The molecule has 1 fully saturated rings. The Hall–Kier alpha value is -3.03. The highest BCUT2D eigenvalue weighted by atomic mass is 16.5. The van der Waals surface area contributed by atoms with E-state index >= 15 is 0 Å².